The van der Waals surface area contributed by atoms with Crippen molar-refractivity contribution in [2.24, 2.45) is 5.92 Å². The van der Waals surface area contributed by atoms with E-state index in [-0.39, 0.29) is 17.9 Å². The molecule has 0 aliphatic rings. The van der Waals surface area contributed by atoms with E-state index < -0.39 is 5.97 Å². The van der Waals surface area contributed by atoms with E-state index in [1.54, 1.807) is 11.3 Å². The summed E-state index contributed by atoms with van der Waals surface area (Å²) < 4.78 is 0. The molecule has 2 aromatic rings. The van der Waals surface area contributed by atoms with Gasteiger partial charge < -0.3 is 10.4 Å². The molecule has 0 aliphatic heterocycles. The van der Waals surface area contributed by atoms with E-state index in [0.29, 0.717) is 5.92 Å². The first-order valence-electron chi connectivity index (χ1n) is 8.82. The molecule has 0 aliphatic carbocycles. The summed E-state index contributed by atoms with van der Waals surface area (Å²) in [4.78, 5) is 11.1. The van der Waals surface area contributed by atoms with E-state index in [1.165, 1.54) is 11.1 Å². The number of benzene rings is 1. The molecule has 0 saturated carbocycles. The van der Waals surface area contributed by atoms with E-state index in [1.807, 2.05) is 16.8 Å². The van der Waals surface area contributed by atoms with Gasteiger partial charge in [-0.1, -0.05) is 52.0 Å². The number of aliphatic carboxylic acids is 1. The molecule has 1 aromatic carbocycles. The fourth-order valence-electron chi connectivity index (χ4n) is 2.91. The minimum Gasteiger partial charge on any atom is -0.481 e. The molecule has 0 bridgehead atoms. The number of carbonyl (C=O) groups is 1. The van der Waals surface area contributed by atoms with Crippen LogP contribution in [0, 0.1) is 5.92 Å². The van der Waals surface area contributed by atoms with Crippen molar-refractivity contribution in [1.82, 2.24) is 5.32 Å². The molecular formula is C21H29NO2S. The molecule has 4 heteroatoms. The highest BCUT2D eigenvalue weighted by atomic mass is 32.1. The van der Waals surface area contributed by atoms with Gasteiger partial charge >= 0.3 is 5.97 Å². The van der Waals surface area contributed by atoms with Gasteiger partial charge in [0.25, 0.3) is 0 Å². The highest BCUT2D eigenvalue weighted by Gasteiger charge is 2.17. The minimum absolute atomic E-state index is 0.115. The zero-order valence-electron chi connectivity index (χ0n) is 15.6. The summed E-state index contributed by atoms with van der Waals surface area (Å²) in [6.07, 6.45) is 1.10. The van der Waals surface area contributed by atoms with Gasteiger partial charge in [-0.3, -0.25) is 4.79 Å². The van der Waals surface area contributed by atoms with Crippen molar-refractivity contribution in [1.29, 1.82) is 0 Å². The van der Waals surface area contributed by atoms with Crippen LogP contribution in [0.25, 0.3) is 0 Å². The van der Waals surface area contributed by atoms with Gasteiger partial charge in [-0.25, -0.2) is 0 Å². The average Bonchev–Trinajstić information content (AvgIpc) is 3.05. The van der Waals surface area contributed by atoms with Gasteiger partial charge in [-0.05, 0) is 57.8 Å². The Morgan fingerprint density at radius 1 is 1.20 bits per heavy atom. The largest absolute Gasteiger partial charge is 0.481 e. The number of carboxylic acids is 1. The van der Waals surface area contributed by atoms with Crippen LogP contribution in [0.5, 0.6) is 0 Å². The van der Waals surface area contributed by atoms with Crippen molar-refractivity contribution < 1.29 is 9.90 Å². The molecule has 2 atom stereocenters. The fourth-order valence-corrected chi connectivity index (χ4v) is 3.63. The summed E-state index contributed by atoms with van der Waals surface area (Å²) in [5, 5.41) is 16.6. The molecular weight excluding hydrogens is 330 g/mol. The zero-order chi connectivity index (χ0) is 18.4. The maximum atomic E-state index is 11.1. The smallest absolute Gasteiger partial charge is 0.305 e. The van der Waals surface area contributed by atoms with Crippen molar-refractivity contribution in [3.63, 3.8) is 0 Å². The second kappa shape index (κ2) is 8.63. The van der Waals surface area contributed by atoms with Crippen molar-refractivity contribution in [2.75, 3.05) is 6.54 Å². The van der Waals surface area contributed by atoms with E-state index >= 15 is 0 Å². The molecule has 0 unspecified atom stereocenters. The topological polar surface area (TPSA) is 49.3 Å². The maximum Gasteiger partial charge on any atom is 0.305 e. The molecule has 3 nitrogen and oxygen atoms in total. The Bertz CT molecular complexity index is 656. The lowest BCUT2D eigenvalue weighted by atomic mass is 9.86. The van der Waals surface area contributed by atoms with Crippen molar-refractivity contribution >= 4 is 17.3 Å². The lowest BCUT2D eigenvalue weighted by molar-refractivity contribution is -0.137. The lowest BCUT2D eigenvalue weighted by Gasteiger charge is -2.21. The molecule has 136 valence electrons. The molecule has 1 aromatic heterocycles. The van der Waals surface area contributed by atoms with Gasteiger partial charge in [-0.2, -0.15) is 11.3 Å². The zero-order valence-corrected chi connectivity index (χ0v) is 16.4. The number of nitrogens with one attached hydrogen (secondary N) is 1. The van der Waals surface area contributed by atoms with Gasteiger partial charge in [0, 0.05) is 6.04 Å². The molecule has 0 fully saturated rings. The number of rotatable bonds is 8. The standard InChI is InChI=1S/C21H29NO2S/c1-15(11-16-5-7-18(8-6-16)21(2,3)4)13-22-19(12-20(23)24)17-9-10-25-14-17/h5-10,14-15,19,22H,11-13H2,1-4H3,(H,23,24)/t15-,19-/m1/s1. The van der Waals surface area contributed by atoms with Gasteiger partial charge in [0.1, 0.15) is 0 Å². The quantitative estimate of drug-likeness (QED) is 0.695. The van der Waals surface area contributed by atoms with E-state index in [4.69, 9.17) is 5.11 Å². The first-order chi connectivity index (χ1) is 11.8. The summed E-state index contributed by atoms with van der Waals surface area (Å²) in [7, 11) is 0. The molecule has 25 heavy (non-hydrogen) atoms. The number of thiophene rings is 1. The van der Waals surface area contributed by atoms with E-state index in [2.05, 4.69) is 57.3 Å². The Morgan fingerprint density at radius 2 is 1.88 bits per heavy atom. The van der Waals surface area contributed by atoms with E-state index in [0.717, 1.165) is 18.5 Å². The SMILES string of the molecule is C[C@@H](CN[C@H](CC(=O)O)c1ccsc1)Cc1ccc(C(C)(C)C)cc1. The molecule has 0 radical (unpaired) electrons. The Kier molecular flexibility index (Phi) is 6.79. The predicted octanol–water partition coefficient (Wildman–Crippen LogP) is 5.03. The van der Waals surface area contributed by atoms with Crippen LogP contribution in [0.15, 0.2) is 41.1 Å². The van der Waals surface area contributed by atoms with Crippen LogP contribution in [0.4, 0.5) is 0 Å². The summed E-state index contributed by atoms with van der Waals surface area (Å²) in [6, 6.07) is 10.7. The fraction of sp³-hybridized carbons (Fsp3) is 0.476. The maximum absolute atomic E-state index is 11.1. The third-order valence-electron chi connectivity index (χ3n) is 4.44. The molecule has 2 rings (SSSR count). The van der Waals surface area contributed by atoms with Crippen LogP contribution in [-0.4, -0.2) is 17.6 Å². The van der Waals surface area contributed by atoms with Gasteiger partial charge in [0.05, 0.1) is 6.42 Å². The molecule has 1 heterocycles. The van der Waals surface area contributed by atoms with Crippen LogP contribution in [-0.2, 0) is 16.6 Å². The molecule has 0 spiro atoms. The van der Waals surface area contributed by atoms with Crippen LogP contribution < -0.4 is 5.32 Å². The highest BCUT2D eigenvalue weighted by Crippen LogP contribution is 2.23. The summed E-state index contributed by atoms with van der Waals surface area (Å²) in [5.41, 5.74) is 3.92. The predicted molar refractivity (Wildman–Crippen MR) is 105 cm³/mol. The molecule has 2 N–H and O–H groups in total. The molecule has 0 saturated heterocycles. The Morgan fingerprint density at radius 3 is 2.40 bits per heavy atom. The number of hydrogen-bond donors (Lipinski definition) is 2. The second-order valence-corrected chi connectivity index (χ2v) is 8.65. The monoisotopic (exact) mass is 359 g/mol. The molecule has 0 amide bonds. The lowest BCUT2D eigenvalue weighted by Crippen LogP contribution is -2.28. The van der Waals surface area contributed by atoms with Gasteiger partial charge in [-0.15, -0.1) is 0 Å². The van der Waals surface area contributed by atoms with Crippen LogP contribution in [0.2, 0.25) is 0 Å². The third kappa shape index (κ3) is 6.29. The third-order valence-corrected chi connectivity index (χ3v) is 5.14. The highest BCUT2D eigenvalue weighted by molar-refractivity contribution is 7.07. The number of carboxylic acid groups (broad SMARTS) is 1. The van der Waals surface area contributed by atoms with Gasteiger partial charge in [0.15, 0.2) is 0 Å². The first kappa shape index (κ1) is 19.7. The van der Waals surface area contributed by atoms with Crippen molar-refractivity contribution in [3.8, 4) is 0 Å². The number of hydrogen-bond acceptors (Lipinski definition) is 3. The Balaban J connectivity index is 1.90. The first-order valence-corrected chi connectivity index (χ1v) is 9.76. The normalized spacial score (nSPS) is 14.2. The Labute approximate surface area is 155 Å². The average molecular weight is 360 g/mol. The summed E-state index contributed by atoms with van der Waals surface area (Å²) >= 11 is 1.60. The van der Waals surface area contributed by atoms with Crippen molar-refractivity contribution in [2.45, 2.75) is 52.0 Å². The van der Waals surface area contributed by atoms with E-state index in [9.17, 15) is 4.79 Å². The van der Waals surface area contributed by atoms with Crippen LogP contribution in [0.3, 0.4) is 0 Å². The summed E-state index contributed by atoms with van der Waals surface area (Å²) in [5.74, 6) is -0.329. The van der Waals surface area contributed by atoms with Crippen LogP contribution >= 0.6 is 11.3 Å². The van der Waals surface area contributed by atoms with Gasteiger partial charge in [0.2, 0.25) is 0 Å². The van der Waals surface area contributed by atoms with Crippen LogP contribution in [0.1, 0.15) is 56.8 Å². The summed E-state index contributed by atoms with van der Waals surface area (Å²) in [6.45, 7) is 9.68. The second-order valence-electron chi connectivity index (χ2n) is 7.87. The minimum atomic E-state index is -0.769. The Hall–Kier alpha value is -1.65. The van der Waals surface area contributed by atoms with Crippen molar-refractivity contribution in [3.05, 3.63) is 57.8 Å².